The highest BCUT2D eigenvalue weighted by atomic mass is 19.3. The molecule has 1 aromatic carbocycles. The molecule has 0 aromatic heterocycles. The summed E-state index contributed by atoms with van der Waals surface area (Å²) >= 11 is 0. The highest BCUT2D eigenvalue weighted by Crippen LogP contribution is 2.32. The Morgan fingerprint density at radius 1 is 1.36 bits per heavy atom. The zero-order chi connectivity index (χ0) is 16.2. The van der Waals surface area contributed by atoms with Crippen molar-refractivity contribution < 1.29 is 23.4 Å². The van der Waals surface area contributed by atoms with Crippen LogP contribution in [0.3, 0.4) is 0 Å². The predicted octanol–water partition coefficient (Wildman–Crippen LogP) is 2.77. The number of carboxylic acid groups (broad SMARTS) is 1. The largest absolute Gasteiger partial charge is 0.481 e. The summed E-state index contributed by atoms with van der Waals surface area (Å²) in [6, 6.07) is 6.32. The van der Waals surface area contributed by atoms with Crippen LogP contribution in [0.1, 0.15) is 30.9 Å². The quantitative estimate of drug-likeness (QED) is 0.848. The van der Waals surface area contributed by atoms with Gasteiger partial charge in [-0.15, -0.1) is 0 Å². The summed E-state index contributed by atoms with van der Waals surface area (Å²) in [5.74, 6) is -3.78. The van der Waals surface area contributed by atoms with Gasteiger partial charge in [0.15, 0.2) is 0 Å². The average molecular weight is 313 g/mol. The lowest BCUT2D eigenvalue weighted by molar-refractivity contribution is -0.154. The molecule has 22 heavy (non-hydrogen) atoms. The molecule has 2 N–H and O–H groups in total. The van der Waals surface area contributed by atoms with Crippen LogP contribution in [-0.2, 0) is 22.0 Å². The molecular weight excluding hydrogens is 292 g/mol. The summed E-state index contributed by atoms with van der Waals surface area (Å²) in [5.41, 5.74) is -0.413. The molecule has 0 spiro atoms. The second-order valence-corrected chi connectivity index (χ2v) is 5.85. The van der Waals surface area contributed by atoms with Crippen LogP contribution >= 0.6 is 0 Å². The Morgan fingerprint density at radius 3 is 2.59 bits per heavy atom. The van der Waals surface area contributed by atoms with E-state index in [9.17, 15) is 18.7 Å². The highest BCUT2D eigenvalue weighted by molar-refractivity contribution is 5.75. The molecule has 1 aromatic rings. The minimum Gasteiger partial charge on any atom is -0.481 e. The van der Waals surface area contributed by atoms with Crippen molar-refractivity contribution in [3.8, 4) is 0 Å². The molecule has 122 valence electrons. The van der Waals surface area contributed by atoms with Crippen molar-refractivity contribution >= 4 is 5.97 Å². The van der Waals surface area contributed by atoms with Gasteiger partial charge in [0.25, 0.3) is 5.92 Å². The molecular formula is C16H21F2NO3. The van der Waals surface area contributed by atoms with E-state index in [-0.39, 0.29) is 18.7 Å². The van der Waals surface area contributed by atoms with E-state index in [2.05, 4.69) is 5.32 Å². The van der Waals surface area contributed by atoms with E-state index < -0.39 is 17.3 Å². The fourth-order valence-corrected chi connectivity index (χ4v) is 2.77. The molecule has 1 fully saturated rings. The van der Waals surface area contributed by atoms with Crippen LogP contribution in [0.15, 0.2) is 24.3 Å². The van der Waals surface area contributed by atoms with Gasteiger partial charge >= 0.3 is 5.97 Å². The van der Waals surface area contributed by atoms with E-state index in [0.717, 1.165) is 6.92 Å². The van der Waals surface area contributed by atoms with E-state index in [0.29, 0.717) is 31.6 Å². The van der Waals surface area contributed by atoms with E-state index in [1.165, 1.54) is 6.07 Å². The zero-order valence-corrected chi connectivity index (χ0v) is 12.6. The van der Waals surface area contributed by atoms with Crippen molar-refractivity contribution in [2.24, 2.45) is 5.41 Å². The van der Waals surface area contributed by atoms with Crippen LogP contribution in [0.5, 0.6) is 0 Å². The molecule has 0 atom stereocenters. The first-order valence-electron chi connectivity index (χ1n) is 7.33. The molecule has 0 amide bonds. The maximum absolute atomic E-state index is 13.6. The van der Waals surface area contributed by atoms with Gasteiger partial charge in [-0.25, -0.2) is 8.78 Å². The molecule has 1 aliphatic rings. The molecule has 0 bridgehead atoms. The number of benzene rings is 1. The first kappa shape index (κ1) is 16.8. The van der Waals surface area contributed by atoms with E-state index in [1.807, 2.05) is 0 Å². The lowest BCUT2D eigenvalue weighted by Gasteiger charge is -2.33. The SMILES string of the molecule is CC(F)(F)c1ccccc1CNCC1(C(=O)O)CCOCC1. The number of alkyl halides is 2. The molecule has 0 radical (unpaired) electrons. The van der Waals surface area contributed by atoms with Crippen molar-refractivity contribution in [1.29, 1.82) is 0 Å². The number of hydrogen-bond donors (Lipinski definition) is 2. The predicted molar refractivity (Wildman–Crippen MR) is 77.8 cm³/mol. The van der Waals surface area contributed by atoms with Crippen LogP contribution in [0.4, 0.5) is 8.78 Å². The van der Waals surface area contributed by atoms with Crippen molar-refractivity contribution in [2.45, 2.75) is 32.2 Å². The Hall–Kier alpha value is -1.53. The second kappa shape index (κ2) is 6.71. The van der Waals surface area contributed by atoms with Crippen LogP contribution in [0, 0.1) is 5.41 Å². The Labute approximate surface area is 128 Å². The average Bonchev–Trinajstić information content (AvgIpc) is 2.47. The first-order chi connectivity index (χ1) is 10.4. The highest BCUT2D eigenvalue weighted by Gasteiger charge is 2.39. The molecule has 6 heteroatoms. The smallest absolute Gasteiger partial charge is 0.311 e. The van der Waals surface area contributed by atoms with Crippen LogP contribution < -0.4 is 5.32 Å². The van der Waals surface area contributed by atoms with Crippen molar-refractivity contribution in [1.82, 2.24) is 5.32 Å². The fraction of sp³-hybridized carbons (Fsp3) is 0.562. The minimum absolute atomic E-state index is 0.0288. The van der Waals surface area contributed by atoms with Crippen molar-refractivity contribution in [3.05, 3.63) is 35.4 Å². The Kier molecular flexibility index (Phi) is 5.13. The molecule has 4 nitrogen and oxygen atoms in total. The third kappa shape index (κ3) is 3.81. The zero-order valence-electron chi connectivity index (χ0n) is 12.6. The molecule has 0 saturated carbocycles. The number of halogens is 2. The standard InChI is InChI=1S/C16H21F2NO3/c1-15(17,18)13-5-3-2-4-12(13)10-19-11-16(14(20)21)6-8-22-9-7-16/h2-5,19H,6-11H2,1H3,(H,20,21). The van der Waals surface area contributed by atoms with Gasteiger partial charge in [0.1, 0.15) is 0 Å². The van der Waals surface area contributed by atoms with Crippen LogP contribution in [-0.4, -0.2) is 30.8 Å². The monoisotopic (exact) mass is 313 g/mol. The molecule has 1 aliphatic heterocycles. The van der Waals surface area contributed by atoms with Crippen LogP contribution in [0.25, 0.3) is 0 Å². The minimum atomic E-state index is -2.92. The molecule has 0 aliphatic carbocycles. The molecule has 2 rings (SSSR count). The van der Waals surface area contributed by atoms with Gasteiger partial charge in [0, 0.05) is 38.8 Å². The summed E-state index contributed by atoms with van der Waals surface area (Å²) in [6.45, 7) is 2.16. The number of ether oxygens (including phenoxy) is 1. The summed E-state index contributed by atoms with van der Waals surface area (Å²) in [5, 5.41) is 12.5. The molecule has 0 unspecified atom stereocenters. The summed E-state index contributed by atoms with van der Waals surface area (Å²) < 4.78 is 32.3. The molecule has 1 saturated heterocycles. The Bertz CT molecular complexity index is 522. The third-order valence-corrected chi connectivity index (χ3v) is 4.17. The van der Waals surface area contributed by atoms with Gasteiger partial charge in [-0.3, -0.25) is 4.79 Å². The van der Waals surface area contributed by atoms with E-state index >= 15 is 0 Å². The lowest BCUT2D eigenvalue weighted by atomic mass is 9.80. The van der Waals surface area contributed by atoms with Gasteiger partial charge in [0.2, 0.25) is 0 Å². The molecule has 1 heterocycles. The number of carbonyl (C=O) groups is 1. The van der Waals surface area contributed by atoms with Crippen molar-refractivity contribution in [3.63, 3.8) is 0 Å². The van der Waals surface area contributed by atoms with E-state index in [1.54, 1.807) is 18.2 Å². The summed E-state index contributed by atoms with van der Waals surface area (Å²) in [4.78, 5) is 11.5. The van der Waals surface area contributed by atoms with Gasteiger partial charge in [-0.1, -0.05) is 24.3 Å². The number of carboxylic acids is 1. The normalized spacial score (nSPS) is 18.1. The van der Waals surface area contributed by atoms with E-state index in [4.69, 9.17) is 4.74 Å². The third-order valence-electron chi connectivity index (χ3n) is 4.17. The van der Waals surface area contributed by atoms with Crippen LogP contribution in [0.2, 0.25) is 0 Å². The fourth-order valence-electron chi connectivity index (χ4n) is 2.77. The Balaban J connectivity index is 2.03. The van der Waals surface area contributed by atoms with Gasteiger partial charge in [-0.05, 0) is 18.4 Å². The van der Waals surface area contributed by atoms with Gasteiger partial charge in [0.05, 0.1) is 5.41 Å². The van der Waals surface area contributed by atoms with Gasteiger partial charge < -0.3 is 15.2 Å². The second-order valence-electron chi connectivity index (χ2n) is 5.85. The van der Waals surface area contributed by atoms with Crippen molar-refractivity contribution in [2.75, 3.05) is 19.8 Å². The first-order valence-corrected chi connectivity index (χ1v) is 7.33. The van der Waals surface area contributed by atoms with Gasteiger partial charge in [-0.2, -0.15) is 0 Å². The topological polar surface area (TPSA) is 58.6 Å². The summed E-state index contributed by atoms with van der Waals surface area (Å²) in [7, 11) is 0. The number of aliphatic carboxylic acids is 1. The lowest BCUT2D eigenvalue weighted by Crippen LogP contribution is -2.45. The maximum Gasteiger partial charge on any atom is 0.311 e. The Morgan fingerprint density at radius 2 is 2.00 bits per heavy atom. The number of rotatable bonds is 6. The number of hydrogen-bond acceptors (Lipinski definition) is 3. The number of nitrogens with one attached hydrogen (secondary N) is 1. The summed E-state index contributed by atoms with van der Waals surface area (Å²) in [6.07, 6.45) is 0.863. The maximum atomic E-state index is 13.6.